The summed E-state index contributed by atoms with van der Waals surface area (Å²) in [4.78, 5) is 6.80. The van der Waals surface area contributed by atoms with Gasteiger partial charge in [0.1, 0.15) is 0 Å². The molecule has 0 spiro atoms. The van der Waals surface area contributed by atoms with Gasteiger partial charge in [-0.15, -0.1) is 0 Å². The molecule has 0 aliphatic carbocycles. The molecule has 18 heavy (non-hydrogen) atoms. The van der Waals surface area contributed by atoms with Gasteiger partial charge in [-0.1, -0.05) is 13.0 Å². The lowest BCUT2D eigenvalue weighted by Gasteiger charge is -2.37. The second-order valence-corrected chi connectivity index (χ2v) is 5.25. The zero-order valence-corrected chi connectivity index (χ0v) is 11.6. The van der Waals surface area contributed by atoms with E-state index in [1.807, 2.05) is 18.5 Å². The lowest BCUT2D eigenvalue weighted by molar-refractivity contribution is 0.146. The number of nitrogens with zero attached hydrogens (tertiary/aromatic N) is 2. The Bertz CT molecular complexity index is 339. The summed E-state index contributed by atoms with van der Waals surface area (Å²) >= 11 is 0. The van der Waals surface area contributed by atoms with Gasteiger partial charge in [0.05, 0.1) is 0 Å². The van der Waals surface area contributed by atoms with Crippen LogP contribution in [0.4, 0.5) is 0 Å². The highest BCUT2D eigenvalue weighted by Crippen LogP contribution is 2.23. The maximum absolute atomic E-state index is 4.23. The van der Waals surface area contributed by atoms with E-state index in [-0.39, 0.29) is 0 Å². The normalized spacial score (nSPS) is 22.9. The number of hydrogen-bond donors (Lipinski definition) is 1. The van der Waals surface area contributed by atoms with E-state index in [1.54, 1.807) is 0 Å². The molecule has 2 atom stereocenters. The minimum Gasteiger partial charge on any atom is -0.313 e. The van der Waals surface area contributed by atoms with Gasteiger partial charge in [0.2, 0.25) is 0 Å². The van der Waals surface area contributed by atoms with Gasteiger partial charge < -0.3 is 5.32 Å². The summed E-state index contributed by atoms with van der Waals surface area (Å²) in [5.41, 5.74) is 1.33. The van der Waals surface area contributed by atoms with Crippen molar-refractivity contribution in [1.82, 2.24) is 15.2 Å². The third-order valence-corrected chi connectivity index (χ3v) is 3.85. The minimum atomic E-state index is 0.477. The van der Waals surface area contributed by atoms with Crippen molar-refractivity contribution in [3.05, 3.63) is 30.1 Å². The van der Waals surface area contributed by atoms with E-state index >= 15 is 0 Å². The van der Waals surface area contributed by atoms with Crippen LogP contribution >= 0.6 is 0 Å². The maximum atomic E-state index is 4.23. The second-order valence-electron chi connectivity index (χ2n) is 5.25. The van der Waals surface area contributed by atoms with Crippen LogP contribution in [0.5, 0.6) is 0 Å². The summed E-state index contributed by atoms with van der Waals surface area (Å²) in [7, 11) is 0. The van der Waals surface area contributed by atoms with Crippen LogP contribution in [0, 0.1) is 0 Å². The Hall–Kier alpha value is -0.930. The molecule has 2 heterocycles. The summed E-state index contributed by atoms with van der Waals surface area (Å²) in [5, 5.41) is 3.65. The first-order chi connectivity index (χ1) is 8.81. The standard InChI is InChI=1S/C15H25N3/c1-3-8-17-15-7-5-10-18(12-15)13(2)14-6-4-9-16-11-14/h4,6,9,11,13,15,17H,3,5,7-8,10,12H2,1-2H3. The summed E-state index contributed by atoms with van der Waals surface area (Å²) < 4.78 is 0. The minimum absolute atomic E-state index is 0.477. The zero-order valence-electron chi connectivity index (χ0n) is 11.6. The van der Waals surface area contributed by atoms with Gasteiger partial charge in [-0.2, -0.15) is 0 Å². The fourth-order valence-electron chi connectivity index (χ4n) is 2.71. The average molecular weight is 247 g/mol. The van der Waals surface area contributed by atoms with E-state index in [2.05, 4.69) is 35.1 Å². The van der Waals surface area contributed by atoms with Gasteiger partial charge in [-0.25, -0.2) is 0 Å². The third kappa shape index (κ3) is 3.53. The molecule has 0 aromatic carbocycles. The van der Waals surface area contributed by atoms with E-state index in [9.17, 15) is 0 Å². The predicted octanol–water partition coefficient (Wildman–Crippen LogP) is 2.61. The van der Waals surface area contributed by atoms with E-state index in [1.165, 1.54) is 31.4 Å². The summed E-state index contributed by atoms with van der Waals surface area (Å²) in [6, 6.07) is 5.35. The molecule has 2 unspecified atom stereocenters. The number of likely N-dealkylation sites (tertiary alicyclic amines) is 1. The van der Waals surface area contributed by atoms with Crippen LogP contribution in [-0.2, 0) is 0 Å². The van der Waals surface area contributed by atoms with E-state index in [0.29, 0.717) is 12.1 Å². The zero-order chi connectivity index (χ0) is 12.8. The Balaban J connectivity index is 1.92. The molecule has 3 nitrogen and oxygen atoms in total. The summed E-state index contributed by atoms with van der Waals surface area (Å²) in [6.07, 6.45) is 7.67. The van der Waals surface area contributed by atoms with Gasteiger partial charge in [-0.3, -0.25) is 9.88 Å². The van der Waals surface area contributed by atoms with Gasteiger partial charge in [0.25, 0.3) is 0 Å². The van der Waals surface area contributed by atoms with Gasteiger partial charge >= 0.3 is 0 Å². The van der Waals surface area contributed by atoms with E-state index in [4.69, 9.17) is 0 Å². The molecule has 2 rings (SSSR count). The second kappa shape index (κ2) is 6.86. The van der Waals surface area contributed by atoms with Crippen LogP contribution in [0.25, 0.3) is 0 Å². The van der Waals surface area contributed by atoms with Gasteiger partial charge in [0.15, 0.2) is 0 Å². The lowest BCUT2D eigenvalue weighted by atomic mass is 10.0. The van der Waals surface area contributed by atoms with Crippen molar-refractivity contribution in [2.75, 3.05) is 19.6 Å². The number of aromatic nitrogens is 1. The molecule has 100 valence electrons. The highest BCUT2D eigenvalue weighted by atomic mass is 15.2. The number of piperidine rings is 1. The maximum Gasteiger partial charge on any atom is 0.0335 e. The van der Waals surface area contributed by atoms with E-state index in [0.717, 1.165) is 13.1 Å². The fraction of sp³-hybridized carbons (Fsp3) is 0.667. The van der Waals surface area contributed by atoms with Crippen LogP contribution in [0.1, 0.15) is 44.7 Å². The molecule has 1 aliphatic rings. The average Bonchev–Trinajstić information content (AvgIpc) is 2.45. The first kappa shape index (κ1) is 13.5. The van der Waals surface area contributed by atoms with Crippen molar-refractivity contribution >= 4 is 0 Å². The Morgan fingerprint density at radius 1 is 1.56 bits per heavy atom. The van der Waals surface area contributed by atoms with Gasteiger partial charge in [0, 0.05) is 31.0 Å². The first-order valence-corrected chi connectivity index (χ1v) is 7.18. The molecular weight excluding hydrogens is 222 g/mol. The lowest BCUT2D eigenvalue weighted by Crippen LogP contribution is -2.46. The molecule has 3 heteroatoms. The summed E-state index contributed by atoms with van der Waals surface area (Å²) in [5.74, 6) is 0. The first-order valence-electron chi connectivity index (χ1n) is 7.18. The smallest absolute Gasteiger partial charge is 0.0335 e. The SMILES string of the molecule is CCCNC1CCCN(C(C)c2cccnc2)C1. The van der Waals surface area contributed by atoms with Crippen molar-refractivity contribution in [3.63, 3.8) is 0 Å². The van der Waals surface area contributed by atoms with Crippen LogP contribution in [0.3, 0.4) is 0 Å². The molecule has 1 fully saturated rings. The highest BCUT2D eigenvalue weighted by Gasteiger charge is 2.23. The Morgan fingerprint density at radius 2 is 2.44 bits per heavy atom. The molecule has 1 aromatic rings. The van der Waals surface area contributed by atoms with Crippen LogP contribution < -0.4 is 5.32 Å². The summed E-state index contributed by atoms with van der Waals surface area (Å²) in [6.45, 7) is 8.03. The van der Waals surface area contributed by atoms with Crippen molar-refractivity contribution in [2.45, 2.75) is 45.2 Å². The molecule has 1 aromatic heterocycles. The largest absolute Gasteiger partial charge is 0.313 e. The monoisotopic (exact) mass is 247 g/mol. The molecular formula is C15H25N3. The van der Waals surface area contributed by atoms with Crippen molar-refractivity contribution in [2.24, 2.45) is 0 Å². The Morgan fingerprint density at radius 3 is 3.17 bits per heavy atom. The van der Waals surface area contributed by atoms with Crippen LogP contribution in [0.15, 0.2) is 24.5 Å². The van der Waals surface area contributed by atoms with Crippen LogP contribution in [-0.4, -0.2) is 35.6 Å². The molecule has 0 saturated carbocycles. The molecule has 1 aliphatic heterocycles. The van der Waals surface area contributed by atoms with Crippen molar-refractivity contribution < 1.29 is 0 Å². The van der Waals surface area contributed by atoms with E-state index < -0.39 is 0 Å². The van der Waals surface area contributed by atoms with Gasteiger partial charge in [-0.05, 0) is 50.9 Å². The highest BCUT2D eigenvalue weighted by molar-refractivity contribution is 5.13. The quantitative estimate of drug-likeness (QED) is 0.867. The Labute approximate surface area is 111 Å². The topological polar surface area (TPSA) is 28.2 Å². The molecule has 0 radical (unpaired) electrons. The number of pyridine rings is 1. The number of hydrogen-bond acceptors (Lipinski definition) is 3. The molecule has 1 saturated heterocycles. The molecule has 0 bridgehead atoms. The third-order valence-electron chi connectivity index (χ3n) is 3.85. The van der Waals surface area contributed by atoms with Crippen LogP contribution in [0.2, 0.25) is 0 Å². The Kier molecular flexibility index (Phi) is 5.14. The van der Waals surface area contributed by atoms with Crippen molar-refractivity contribution in [1.29, 1.82) is 0 Å². The predicted molar refractivity (Wildman–Crippen MR) is 75.5 cm³/mol. The molecule has 1 N–H and O–H groups in total. The number of nitrogens with one attached hydrogen (secondary N) is 1. The van der Waals surface area contributed by atoms with Crippen molar-refractivity contribution in [3.8, 4) is 0 Å². The molecule has 0 amide bonds. The fourth-order valence-corrected chi connectivity index (χ4v) is 2.71. The number of rotatable bonds is 5.